The lowest BCUT2D eigenvalue weighted by atomic mass is 9.68. The number of hydrogen-bond acceptors (Lipinski definition) is 4. The molecular formula is C18H24O3S. The molecule has 0 radical (unpaired) electrons. The van der Waals surface area contributed by atoms with E-state index >= 15 is 0 Å². The third kappa shape index (κ3) is 4.13. The third-order valence-corrected chi connectivity index (χ3v) is 5.99. The largest absolute Gasteiger partial charge is 0.469 e. The summed E-state index contributed by atoms with van der Waals surface area (Å²) in [6.07, 6.45) is 4.29. The number of carbonyl (C=O) groups is 2. The highest BCUT2D eigenvalue weighted by Gasteiger charge is 2.41. The molecule has 1 unspecified atom stereocenters. The van der Waals surface area contributed by atoms with Crippen LogP contribution >= 0.6 is 11.8 Å². The van der Waals surface area contributed by atoms with Crippen LogP contribution in [0.2, 0.25) is 0 Å². The van der Waals surface area contributed by atoms with E-state index in [4.69, 9.17) is 4.74 Å². The van der Waals surface area contributed by atoms with E-state index in [0.29, 0.717) is 30.3 Å². The number of rotatable bonds is 6. The number of carbonyl (C=O) groups excluding carboxylic acids is 2. The molecule has 1 aromatic carbocycles. The highest BCUT2D eigenvalue weighted by molar-refractivity contribution is 8.00. The first kappa shape index (κ1) is 17.1. The van der Waals surface area contributed by atoms with Crippen LogP contribution in [-0.4, -0.2) is 24.1 Å². The van der Waals surface area contributed by atoms with E-state index < -0.39 is 0 Å². The van der Waals surface area contributed by atoms with Crippen molar-refractivity contribution < 1.29 is 14.3 Å². The minimum Gasteiger partial charge on any atom is -0.469 e. The summed E-state index contributed by atoms with van der Waals surface area (Å²) in [7, 11) is 1.40. The van der Waals surface area contributed by atoms with Gasteiger partial charge in [-0.05, 0) is 37.8 Å². The normalized spacial score (nSPS) is 25.0. The van der Waals surface area contributed by atoms with Crippen LogP contribution in [0.3, 0.4) is 0 Å². The molecule has 1 aliphatic carbocycles. The Bertz CT molecular complexity index is 514. The van der Waals surface area contributed by atoms with Gasteiger partial charge in [0.25, 0.3) is 0 Å². The summed E-state index contributed by atoms with van der Waals surface area (Å²) in [5.41, 5.74) is -0.318. The number of Topliss-reactive ketones (excluding diaryl/α,β-unsaturated/α-hetero) is 1. The average Bonchev–Trinajstić information content (AvgIpc) is 2.55. The summed E-state index contributed by atoms with van der Waals surface area (Å²) in [6.45, 7) is 2.06. The van der Waals surface area contributed by atoms with Crippen molar-refractivity contribution in [1.29, 1.82) is 0 Å². The molecule has 0 amide bonds. The Morgan fingerprint density at radius 1 is 1.36 bits per heavy atom. The van der Waals surface area contributed by atoms with E-state index in [2.05, 4.69) is 19.1 Å². The van der Waals surface area contributed by atoms with E-state index in [1.54, 1.807) is 11.8 Å². The number of hydrogen-bond donors (Lipinski definition) is 0. The monoisotopic (exact) mass is 320 g/mol. The minimum absolute atomic E-state index is 0.221. The molecule has 4 heteroatoms. The number of esters is 1. The zero-order valence-electron chi connectivity index (χ0n) is 13.3. The maximum Gasteiger partial charge on any atom is 0.305 e. The first-order valence-electron chi connectivity index (χ1n) is 7.91. The molecule has 0 N–H and O–H groups in total. The Kier molecular flexibility index (Phi) is 6.07. The Morgan fingerprint density at radius 2 is 2.09 bits per heavy atom. The van der Waals surface area contributed by atoms with Crippen molar-refractivity contribution in [3.63, 3.8) is 0 Å². The Morgan fingerprint density at radius 3 is 2.68 bits per heavy atom. The van der Waals surface area contributed by atoms with Crippen molar-refractivity contribution in [3.8, 4) is 0 Å². The van der Waals surface area contributed by atoms with Gasteiger partial charge in [-0.25, -0.2) is 0 Å². The molecule has 1 aliphatic rings. The summed E-state index contributed by atoms with van der Waals surface area (Å²) in [6, 6.07) is 10.2. The van der Waals surface area contributed by atoms with Crippen molar-refractivity contribution in [2.45, 2.75) is 55.6 Å². The summed E-state index contributed by atoms with van der Waals surface area (Å²) >= 11 is 1.80. The molecule has 2 rings (SSSR count). The van der Waals surface area contributed by atoms with Gasteiger partial charge >= 0.3 is 5.97 Å². The Hall–Kier alpha value is -1.29. The van der Waals surface area contributed by atoms with Gasteiger partial charge in [-0.2, -0.15) is 0 Å². The fraction of sp³-hybridized carbons (Fsp3) is 0.556. The fourth-order valence-corrected chi connectivity index (χ4v) is 4.32. The molecule has 22 heavy (non-hydrogen) atoms. The lowest BCUT2D eigenvalue weighted by molar-refractivity contribution is -0.142. The van der Waals surface area contributed by atoms with Crippen molar-refractivity contribution in [1.82, 2.24) is 0 Å². The predicted molar refractivity (Wildman–Crippen MR) is 88.9 cm³/mol. The van der Waals surface area contributed by atoms with Gasteiger partial charge in [0.2, 0.25) is 0 Å². The molecule has 120 valence electrons. The molecule has 0 spiro atoms. The van der Waals surface area contributed by atoms with E-state index in [1.165, 1.54) is 12.0 Å². The fourth-order valence-electron chi connectivity index (χ4n) is 3.15. The second kappa shape index (κ2) is 7.82. The molecule has 0 aromatic heterocycles. The van der Waals surface area contributed by atoms with Gasteiger partial charge in [0, 0.05) is 28.4 Å². The summed E-state index contributed by atoms with van der Waals surface area (Å²) in [5.74, 6) is 0.0972. The van der Waals surface area contributed by atoms with Crippen LogP contribution < -0.4 is 0 Å². The van der Waals surface area contributed by atoms with Crippen molar-refractivity contribution >= 4 is 23.5 Å². The number of ketones is 1. The predicted octanol–water partition coefficient (Wildman–Crippen LogP) is 4.25. The molecule has 3 nitrogen and oxygen atoms in total. The van der Waals surface area contributed by atoms with E-state index in [9.17, 15) is 9.59 Å². The minimum atomic E-state index is -0.318. The molecular weight excluding hydrogens is 296 g/mol. The molecule has 0 heterocycles. The molecule has 1 saturated carbocycles. The van der Waals surface area contributed by atoms with Gasteiger partial charge in [-0.1, -0.05) is 25.1 Å². The summed E-state index contributed by atoms with van der Waals surface area (Å²) in [5, 5.41) is 0.354. The first-order chi connectivity index (χ1) is 10.6. The molecule has 0 saturated heterocycles. The molecule has 0 aliphatic heterocycles. The molecule has 1 aromatic rings. The van der Waals surface area contributed by atoms with Gasteiger partial charge < -0.3 is 4.74 Å². The third-order valence-electron chi connectivity index (χ3n) is 4.71. The van der Waals surface area contributed by atoms with Crippen molar-refractivity contribution in [2.75, 3.05) is 7.11 Å². The van der Waals surface area contributed by atoms with Gasteiger partial charge in [-0.3, -0.25) is 9.59 Å². The highest BCUT2D eigenvalue weighted by Crippen LogP contribution is 2.44. The van der Waals surface area contributed by atoms with Crippen LogP contribution in [0.4, 0.5) is 0 Å². The Labute approximate surface area is 136 Å². The second-order valence-corrected chi connectivity index (χ2v) is 7.30. The SMILES string of the molecule is CC[C@@]1(CCC(=O)OC)CCC(Sc2ccccc2)CC1=O. The van der Waals surface area contributed by atoms with Crippen LogP contribution in [0.1, 0.15) is 45.4 Å². The zero-order valence-corrected chi connectivity index (χ0v) is 14.2. The molecule has 1 fully saturated rings. The standard InChI is InChI=1S/C18H24O3S/c1-3-18(12-10-17(20)21-2)11-9-15(13-16(18)19)22-14-7-5-4-6-8-14/h4-8,15H,3,9-13H2,1-2H3/t15?,18-/m0/s1. The quantitative estimate of drug-likeness (QED) is 0.735. The van der Waals surface area contributed by atoms with Gasteiger partial charge in [0.1, 0.15) is 5.78 Å². The number of benzene rings is 1. The zero-order chi connectivity index (χ0) is 16.0. The second-order valence-electron chi connectivity index (χ2n) is 5.93. The van der Waals surface area contributed by atoms with Crippen molar-refractivity contribution in [3.05, 3.63) is 30.3 Å². The van der Waals surface area contributed by atoms with Crippen LogP contribution in [0.15, 0.2) is 35.2 Å². The number of ether oxygens (including phenoxy) is 1. The summed E-state index contributed by atoms with van der Waals surface area (Å²) in [4.78, 5) is 25.3. The van der Waals surface area contributed by atoms with Crippen LogP contribution in [-0.2, 0) is 14.3 Å². The van der Waals surface area contributed by atoms with E-state index in [0.717, 1.165) is 19.3 Å². The average molecular weight is 320 g/mol. The van der Waals surface area contributed by atoms with E-state index in [-0.39, 0.29) is 11.4 Å². The van der Waals surface area contributed by atoms with Crippen LogP contribution in [0.5, 0.6) is 0 Å². The molecule has 2 atom stereocenters. The molecule has 0 bridgehead atoms. The smallest absolute Gasteiger partial charge is 0.305 e. The van der Waals surface area contributed by atoms with Gasteiger partial charge in [0.15, 0.2) is 0 Å². The first-order valence-corrected chi connectivity index (χ1v) is 8.79. The summed E-state index contributed by atoms with van der Waals surface area (Å²) < 4.78 is 4.71. The lowest BCUT2D eigenvalue weighted by Crippen LogP contribution is -2.38. The highest BCUT2D eigenvalue weighted by atomic mass is 32.2. The van der Waals surface area contributed by atoms with Crippen LogP contribution in [0.25, 0.3) is 0 Å². The number of thioether (sulfide) groups is 1. The Balaban J connectivity index is 1.95. The maximum atomic E-state index is 12.7. The topological polar surface area (TPSA) is 43.4 Å². The van der Waals surface area contributed by atoms with Gasteiger partial charge in [-0.15, -0.1) is 11.8 Å². The van der Waals surface area contributed by atoms with Crippen molar-refractivity contribution in [2.24, 2.45) is 5.41 Å². The number of methoxy groups -OCH3 is 1. The maximum absolute atomic E-state index is 12.7. The lowest BCUT2D eigenvalue weighted by Gasteiger charge is -2.38. The van der Waals surface area contributed by atoms with Crippen LogP contribution in [0, 0.1) is 5.41 Å². The van der Waals surface area contributed by atoms with Gasteiger partial charge in [0.05, 0.1) is 7.11 Å². The van der Waals surface area contributed by atoms with E-state index in [1.807, 2.05) is 18.2 Å².